The molecule has 106 valence electrons. The minimum absolute atomic E-state index is 0.339. The molecule has 1 aromatic carbocycles. The zero-order chi connectivity index (χ0) is 14.3. The van der Waals surface area contributed by atoms with Crippen molar-refractivity contribution in [2.24, 2.45) is 0 Å². The Morgan fingerprint density at radius 2 is 2.11 bits per heavy atom. The Balaban J connectivity index is 2.77. The van der Waals surface area contributed by atoms with E-state index in [9.17, 15) is 4.79 Å². The number of carbonyl (C=O) groups is 1. The van der Waals surface area contributed by atoms with E-state index in [0.29, 0.717) is 5.56 Å². The van der Waals surface area contributed by atoms with E-state index in [0.717, 1.165) is 39.8 Å². The molecule has 0 atom stereocenters. The fourth-order valence-corrected chi connectivity index (χ4v) is 3.47. The molecule has 6 heteroatoms. The second kappa shape index (κ2) is 8.87. The van der Waals surface area contributed by atoms with Gasteiger partial charge in [-0.25, -0.2) is 4.79 Å². The Morgan fingerprint density at radius 3 is 2.74 bits per heavy atom. The summed E-state index contributed by atoms with van der Waals surface area (Å²) in [6.07, 6.45) is 4.34. The molecule has 3 nitrogen and oxygen atoms in total. The van der Waals surface area contributed by atoms with E-state index >= 15 is 0 Å². The van der Waals surface area contributed by atoms with Crippen LogP contribution in [0.1, 0.15) is 23.2 Å². The molecule has 0 bridgehead atoms. The number of methoxy groups -OCH3 is 1. The molecular weight excluding hydrogens is 394 g/mol. The number of thioether (sulfide) groups is 1. The Bertz CT molecular complexity index is 441. The van der Waals surface area contributed by atoms with Crippen molar-refractivity contribution < 1.29 is 9.53 Å². The van der Waals surface area contributed by atoms with E-state index in [2.05, 4.69) is 43.4 Å². The number of unbranched alkanes of at least 4 members (excludes halogenated alkanes) is 1. The van der Waals surface area contributed by atoms with Crippen LogP contribution in [0.3, 0.4) is 0 Å². The number of anilines is 1. The molecule has 0 aromatic heterocycles. The van der Waals surface area contributed by atoms with Gasteiger partial charge in [-0.3, -0.25) is 0 Å². The summed E-state index contributed by atoms with van der Waals surface area (Å²) < 4.78 is 6.50. The van der Waals surface area contributed by atoms with Crippen molar-refractivity contribution in [2.45, 2.75) is 12.8 Å². The third-order valence-electron chi connectivity index (χ3n) is 2.54. The summed E-state index contributed by atoms with van der Waals surface area (Å²) in [6, 6.07) is 3.68. The highest BCUT2D eigenvalue weighted by Gasteiger charge is 2.15. The first kappa shape index (κ1) is 16.9. The van der Waals surface area contributed by atoms with Gasteiger partial charge in [0.05, 0.1) is 18.4 Å². The molecule has 0 heterocycles. The highest BCUT2D eigenvalue weighted by Crippen LogP contribution is 2.31. The van der Waals surface area contributed by atoms with Gasteiger partial charge in [0.15, 0.2) is 0 Å². The molecule has 1 rings (SSSR count). The van der Waals surface area contributed by atoms with E-state index in [1.807, 2.05) is 17.8 Å². The maximum absolute atomic E-state index is 11.8. The number of hydrogen-bond donors (Lipinski definition) is 1. The van der Waals surface area contributed by atoms with Crippen molar-refractivity contribution in [3.05, 3.63) is 26.6 Å². The van der Waals surface area contributed by atoms with Crippen molar-refractivity contribution in [1.82, 2.24) is 0 Å². The first-order chi connectivity index (χ1) is 9.10. The lowest BCUT2D eigenvalue weighted by molar-refractivity contribution is 0.0601. The van der Waals surface area contributed by atoms with Crippen LogP contribution in [0.25, 0.3) is 0 Å². The van der Waals surface area contributed by atoms with Crippen molar-refractivity contribution in [2.75, 3.05) is 31.0 Å². The number of halogens is 2. The topological polar surface area (TPSA) is 38.3 Å². The summed E-state index contributed by atoms with van der Waals surface area (Å²) in [6.45, 7) is 0.838. The largest absolute Gasteiger partial charge is 0.465 e. The summed E-state index contributed by atoms with van der Waals surface area (Å²) in [5.74, 6) is 0.821. The van der Waals surface area contributed by atoms with Gasteiger partial charge in [-0.1, -0.05) is 15.9 Å². The normalized spacial score (nSPS) is 10.3. The molecule has 0 unspecified atom stereocenters. The summed E-state index contributed by atoms with van der Waals surface area (Å²) in [5, 5.41) is 3.31. The molecule has 0 fully saturated rings. The van der Waals surface area contributed by atoms with Crippen LogP contribution >= 0.6 is 43.6 Å². The van der Waals surface area contributed by atoms with Crippen LogP contribution in [0.15, 0.2) is 21.1 Å². The number of benzene rings is 1. The molecule has 0 saturated heterocycles. The highest BCUT2D eigenvalue weighted by molar-refractivity contribution is 9.11. The van der Waals surface area contributed by atoms with Crippen LogP contribution in [0.2, 0.25) is 0 Å². The number of ether oxygens (including phenoxy) is 1. The highest BCUT2D eigenvalue weighted by atomic mass is 79.9. The van der Waals surface area contributed by atoms with Gasteiger partial charge in [-0.2, -0.15) is 11.8 Å². The minimum Gasteiger partial charge on any atom is -0.465 e. The summed E-state index contributed by atoms with van der Waals surface area (Å²) >= 11 is 8.70. The lowest BCUT2D eigenvalue weighted by Crippen LogP contribution is -2.10. The zero-order valence-corrected chi connectivity index (χ0v) is 15.0. The van der Waals surface area contributed by atoms with Gasteiger partial charge in [0.2, 0.25) is 0 Å². The first-order valence-electron chi connectivity index (χ1n) is 5.90. The Morgan fingerprint density at radius 1 is 1.37 bits per heavy atom. The van der Waals surface area contributed by atoms with Crippen molar-refractivity contribution >= 4 is 55.3 Å². The predicted octanol–water partition coefficient (Wildman–Crippen LogP) is 4.55. The standard InChI is InChI=1S/C13H17Br2NO2S/c1-18-13(17)10-7-9(14)8-11(15)12(10)16-5-3-4-6-19-2/h7-8,16H,3-6H2,1-2H3. The second-order valence-electron chi connectivity index (χ2n) is 3.93. The van der Waals surface area contributed by atoms with Gasteiger partial charge in [-0.05, 0) is 52.9 Å². The lowest BCUT2D eigenvalue weighted by atomic mass is 10.1. The van der Waals surface area contributed by atoms with Gasteiger partial charge >= 0.3 is 5.97 Å². The Labute approximate surface area is 135 Å². The van der Waals surface area contributed by atoms with E-state index in [1.54, 1.807) is 6.07 Å². The maximum Gasteiger partial charge on any atom is 0.340 e. The second-order valence-corrected chi connectivity index (χ2v) is 6.68. The number of nitrogens with one attached hydrogen (secondary N) is 1. The molecule has 0 amide bonds. The molecule has 1 aromatic rings. The van der Waals surface area contributed by atoms with Gasteiger partial charge in [-0.15, -0.1) is 0 Å². The van der Waals surface area contributed by atoms with Crippen LogP contribution in [0.5, 0.6) is 0 Å². The molecule has 0 radical (unpaired) electrons. The lowest BCUT2D eigenvalue weighted by Gasteiger charge is -2.13. The average molecular weight is 411 g/mol. The average Bonchev–Trinajstić information content (AvgIpc) is 2.39. The number of carbonyl (C=O) groups excluding carboxylic acids is 1. The Kier molecular flexibility index (Phi) is 7.87. The van der Waals surface area contributed by atoms with Crippen molar-refractivity contribution in [3.63, 3.8) is 0 Å². The van der Waals surface area contributed by atoms with Gasteiger partial charge in [0.1, 0.15) is 0 Å². The molecule has 19 heavy (non-hydrogen) atoms. The van der Waals surface area contributed by atoms with E-state index in [-0.39, 0.29) is 5.97 Å². The molecule has 0 aliphatic rings. The van der Waals surface area contributed by atoms with E-state index < -0.39 is 0 Å². The molecule has 0 aliphatic carbocycles. The summed E-state index contributed by atoms with van der Waals surface area (Å²) in [5.41, 5.74) is 1.33. The third-order valence-corrected chi connectivity index (χ3v) is 4.32. The maximum atomic E-state index is 11.8. The third kappa shape index (κ3) is 5.36. The van der Waals surface area contributed by atoms with E-state index in [1.165, 1.54) is 7.11 Å². The van der Waals surface area contributed by atoms with Gasteiger partial charge in [0, 0.05) is 15.5 Å². The molecular formula is C13H17Br2NO2S. The number of hydrogen-bond acceptors (Lipinski definition) is 4. The first-order valence-corrected chi connectivity index (χ1v) is 8.88. The number of esters is 1. The number of rotatable bonds is 7. The summed E-state index contributed by atoms with van der Waals surface area (Å²) in [7, 11) is 1.39. The molecule has 0 saturated carbocycles. The van der Waals surface area contributed by atoms with Crippen molar-refractivity contribution in [1.29, 1.82) is 0 Å². The zero-order valence-electron chi connectivity index (χ0n) is 11.0. The van der Waals surface area contributed by atoms with Gasteiger partial charge < -0.3 is 10.1 Å². The van der Waals surface area contributed by atoms with Crippen LogP contribution in [0, 0.1) is 0 Å². The van der Waals surface area contributed by atoms with Crippen LogP contribution in [-0.4, -0.2) is 31.6 Å². The smallest absolute Gasteiger partial charge is 0.340 e. The molecule has 0 spiro atoms. The quantitative estimate of drug-likeness (QED) is 0.528. The summed E-state index contributed by atoms with van der Waals surface area (Å²) in [4.78, 5) is 11.8. The van der Waals surface area contributed by atoms with Crippen LogP contribution in [0.4, 0.5) is 5.69 Å². The Hall–Kier alpha value is -0.200. The van der Waals surface area contributed by atoms with Crippen LogP contribution in [-0.2, 0) is 4.74 Å². The molecule has 0 aliphatic heterocycles. The fraction of sp³-hybridized carbons (Fsp3) is 0.462. The SMILES string of the molecule is COC(=O)c1cc(Br)cc(Br)c1NCCCCSC. The minimum atomic E-state index is -0.339. The molecule has 1 N–H and O–H groups in total. The van der Waals surface area contributed by atoms with E-state index in [4.69, 9.17) is 4.74 Å². The fourth-order valence-electron chi connectivity index (χ4n) is 1.61. The van der Waals surface area contributed by atoms with Crippen molar-refractivity contribution in [3.8, 4) is 0 Å². The van der Waals surface area contributed by atoms with Gasteiger partial charge in [0.25, 0.3) is 0 Å². The van der Waals surface area contributed by atoms with Crippen LogP contribution < -0.4 is 5.32 Å². The predicted molar refractivity (Wildman–Crippen MR) is 89.3 cm³/mol. The monoisotopic (exact) mass is 409 g/mol.